The molecular weight excluding hydrogens is 204 g/mol. The van der Waals surface area contributed by atoms with E-state index in [2.05, 4.69) is 20.8 Å². The first kappa shape index (κ1) is 11.0. The fourth-order valence-corrected chi connectivity index (χ4v) is 3.52. The molecule has 3 nitrogen and oxygen atoms in total. The third-order valence-electron chi connectivity index (χ3n) is 4.50. The van der Waals surface area contributed by atoms with Gasteiger partial charge in [-0.05, 0) is 31.6 Å². The molecule has 0 bridgehead atoms. The van der Waals surface area contributed by atoms with Crippen LogP contribution in [0.15, 0.2) is 0 Å². The lowest BCUT2D eigenvalue weighted by Gasteiger charge is -2.33. The molecule has 0 N–H and O–H groups in total. The van der Waals surface area contributed by atoms with Gasteiger partial charge in [0.2, 0.25) is 0 Å². The highest BCUT2D eigenvalue weighted by molar-refractivity contribution is 4.94. The van der Waals surface area contributed by atoms with Crippen LogP contribution in [0.3, 0.4) is 0 Å². The minimum atomic E-state index is 0.000278. The zero-order chi connectivity index (χ0) is 11.3. The summed E-state index contributed by atoms with van der Waals surface area (Å²) in [6.45, 7) is 7.58. The molecule has 3 aliphatic rings. The van der Waals surface area contributed by atoms with Gasteiger partial charge in [-0.1, -0.05) is 13.8 Å². The Labute approximate surface area is 97.4 Å². The Balaban J connectivity index is 1.77. The van der Waals surface area contributed by atoms with Gasteiger partial charge in [-0.3, -0.25) is 0 Å². The van der Waals surface area contributed by atoms with E-state index < -0.39 is 0 Å². The topological polar surface area (TPSA) is 27.7 Å². The van der Waals surface area contributed by atoms with Gasteiger partial charge in [0.1, 0.15) is 0 Å². The third kappa shape index (κ3) is 1.60. The predicted molar refractivity (Wildman–Crippen MR) is 59.7 cm³/mol. The maximum absolute atomic E-state index is 5.90. The Morgan fingerprint density at radius 3 is 2.62 bits per heavy atom. The Hall–Kier alpha value is -0.120. The summed E-state index contributed by atoms with van der Waals surface area (Å²) >= 11 is 0. The van der Waals surface area contributed by atoms with Crippen LogP contribution in [0.2, 0.25) is 0 Å². The van der Waals surface area contributed by atoms with Crippen molar-refractivity contribution >= 4 is 0 Å². The van der Waals surface area contributed by atoms with Crippen LogP contribution in [0, 0.1) is 23.7 Å². The first-order valence-electron chi connectivity index (χ1n) is 6.59. The van der Waals surface area contributed by atoms with Crippen molar-refractivity contribution in [2.75, 3.05) is 6.61 Å². The second-order valence-corrected chi connectivity index (χ2v) is 5.88. The molecule has 0 aromatic rings. The van der Waals surface area contributed by atoms with Crippen molar-refractivity contribution in [1.29, 1.82) is 0 Å². The van der Waals surface area contributed by atoms with E-state index >= 15 is 0 Å². The van der Waals surface area contributed by atoms with Gasteiger partial charge in [-0.15, -0.1) is 0 Å². The van der Waals surface area contributed by atoms with Crippen LogP contribution in [0.5, 0.6) is 0 Å². The highest BCUT2D eigenvalue weighted by atomic mass is 16.8. The maximum Gasteiger partial charge on any atom is 0.164 e. The average Bonchev–Trinajstić information content (AvgIpc) is 2.74. The highest BCUT2D eigenvalue weighted by Gasteiger charge is 2.54. The molecule has 3 heteroatoms. The number of hydrogen-bond acceptors (Lipinski definition) is 3. The first-order valence-corrected chi connectivity index (χ1v) is 6.59. The van der Waals surface area contributed by atoms with Gasteiger partial charge in [0.15, 0.2) is 12.6 Å². The first-order chi connectivity index (χ1) is 7.66. The second-order valence-electron chi connectivity index (χ2n) is 5.88. The predicted octanol–water partition coefficient (Wildman–Crippen LogP) is 2.40. The van der Waals surface area contributed by atoms with Crippen molar-refractivity contribution in [3.8, 4) is 0 Å². The molecule has 0 spiro atoms. The highest BCUT2D eigenvalue weighted by Crippen LogP contribution is 2.49. The summed E-state index contributed by atoms with van der Waals surface area (Å²) in [5.41, 5.74) is 0. The number of ether oxygens (including phenoxy) is 3. The summed E-state index contributed by atoms with van der Waals surface area (Å²) < 4.78 is 17.5. The van der Waals surface area contributed by atoms with Crippen LogP contribution in [0.1, 0.15) is 33.6 Å². The molecule has 6 unspecified atom stereocenters. The van der Waals surface area contributed by atoms with Crippen molar-refractivity contribution in [1.82, 2.24) is 0 Å². The van der Waals surface area contributed by atoms with E-state index in [1.54, 1.807) is 0 Å². The number of rotatable bonds is 1. The van der Waals surface area contributed by atoms with Gasteiger partial charge in [0.05, 0.1) is 12.7 Å². The number of fused-ring (bicyclic) bond motifs is 3. The minimum absolute atomic E-state index is 0.000278. The summed E-state index contributed by atoms with van der Waals surface area (Å²) in [7, 11) is 0. The van der Waals surface area contributed by atoms with Gasteiger partial charge < -0.3 is 14.2 Å². The van der Waals surface area contributed by atoms with Gasteiger partial charge >= 0.3 is 0 Å². The lowest BCUT2D eigenvalue weighted by molar-refractivity contribution is -0.232. The van der Waals surface area contributed by atoms with Crippen molar-refractivity contribution in [3.63, 3.8) is 0 Å². The van der Waals surface area contributed by atoms with Crippen LogP contribution in [0.25, 0.3) is 0 Å². The van der Waals surface area contributed by atoms with Crippen LogP contribution in [0.4, 0.5) is 0 Å². The Morgan fingerprint density at radius 1 is 1.06 bits per heavy atom. The van der Waals surface area contributed by atoms with Crippen LogP contribution in [-0.4, -0.2) is 25.3 Å². The Kier molecular flexibility index (Phi) is 2.73. The molecule has 3 saturated heterocycles. The minimum Gasteiger partial charge on any atom is -0.352 e. The zero-order valence-corrected chi connectivity index (χ0v) is 10.4. The van der Waals surface area contributed by atoms with E-state index in [0.717, 1.165) is 6.61 Å². The van der Waals surface area contributed by atoms with E-state index in [1.807, 2.05) is 0 Å². The third-order valence-corrected chi connectivity index (χ3v) is 4.50. The quantitative estimate of drug-likeness (QED) is 0.687. The van der Waals surface area contributed by atoms with Crippen LogP contribution < -0.4 is 0 Å². The Bertz CT molecular complexity index is 266. The second kappa shape index (κ2) is 3.97. The van der Waals surface area contributed by atoms with Crippen molar-refractivity contribution in [2.24, 2.45) is 23.7 Å². The van der Waals surface area contributed by atoms with Crippen molar-refractivity contribution in [3.05, 3.63) is 0 Å². The fourth-order valence-electron chi connectivity index (χ4n) is 3.52. The maximum atomic E-state index is 5.90. The van der Waals surface area contributed by atoms with Crippen LogP contribution >= 0.6 is 0 Å². The standard InChI is InChI=1S/C13H22O3/c1-7(2)10-6-14-13-11(10)9-5-4-8(3)15-12(9)16-13/h7-13H,4-6H2,1-3H3. The van der Waals surface area contributed by atoms with E-state index in [0.29, 0.717) is 29.8 Å². The average molecular weight is 226 g/mol. The normalized spacial score (nSPS) is 51.8. The molecule has 3 fully saturated rings. The summed E-state index contributed by atoms with van der Waals surface area (Å²) in [5, 5.41) is 0. The van der Waals surface area contributed by atoms with E-state index in [-0.39, 0.29) is 12.6 Å². The molecule has 3 rings (SSSR count). The SMILES string of the molecule is CC1CCC2C(O1)OC1OCC(C(C)C)C12. The van der Waals surface area contributed by atoms with Gasteiger partial charge in [-0.2, -0.15) is 0 Å². The Morgan fingerprint density at radius 2 is 1.88 bits per heavy atom. The van der Waals surface area contributed by atoms with E-state index in [1.165, 1.54) is 12.8 Å². The van der Waals surface area contributed by atoms with E-state index in [9.17, 15) is 0 Å². The molecule has 0 aliphatic carbocycles. The molecule has 3 aliphatic heterocycles. The number of hydrogen-bond donors (Lipinski definition) is 0. The van der Waals surface area contributed by atoms with Crippen molar-refractivity contribution < 1.29 is 14.2 Å². The molecule has 0 aromatic heterocycles. The summed E-state index contributed by atoms with van der Waals surface area (Å²) in [5.74, 6) is 2.46. The molecule has 0 amide bonds. The summed E-state index contributed by atoms with van der Waals surface area (Å²) in [6, 6.07) is 0. The molecule has 0 saturated carbocycles. The van der Waals surface area contributed by atoms with Gasteiger partial charge in [-0.25, -0.2) is 0 Å². The summed E-state index contributed by atoms with van der Waals surface area (Å²) in [4.78, 5) is 0. The van der Waals surface area contributed by atoms with Gasteiger partial charge in [0.25, 0.3) is 0 Å². The lowest BCUT2D eigenvalue weighted by Crippen LogP contribution is -2.36. The monoisotopic (exact) mass is 226 g/mol. The van der Waals surface area contributed by atoms with E-state index in [4.69, 9.17) is 14.2 Å². The molecule has 3 heterocycles. The van der Waals surface area contributed by atoms with Crippen molar-refractivity contribution in [2.45, 2.75) is 52.3 Å². The van der Waals surface area contributed by atoms with Gasteiger partial charge in [0, 0.05) is 11.8 Å². The summed E-state index contributed by atoms with van der Waals surface area (Å²) in [6.07, 6.45) is 2.75. The van der Waals surface area contributed by atoms with Crippen LogP contribution in [-0.2, 0) is 14.2 Å². The lowest BCUT2D eigenvalue weighted by atomic mass is 9.76. The fraction of sp³-hybridized carbons (Fsp3) is 1.00. The zero-order valence-electron chi connectivity index (χ0n) is 10.4. The largest absolute Gasteiger partial charge is 0.352 e. The smallest absolute Gasteiger partial charge is 0.164 e. The molecular formula is C13H22O3. The molecule has 16 heavy (non-hydrogen) atoms. The molecule has 6 atom stereocenters. The molecule has 92 valence electrons. The molecule has 0 aromatic carbocycles. The molecule has 0 radical (unpaired) electrons.